The van der Waals surface area contributed by atoms with Crippen LogP contribution in [0, 0.1) is 0 Å². The molecule has 0 saturated carbocycles. The van der Waals surface area contributed by atoms with E-state index in [1.807, 2.05) is 18.2 Å². The topological polar surface area (TPSA) is 66.5 Å². The van der Waals surface area contributed by atoms with Crippen molar-refractivity contribution in [2.75, 3.05) is 18.4 Å². The van der Waals surface area contributed by atoms with E-state index in [4.69, 9.17) is 11.6 Å². The second-order valence-electron chi connectivity index (χ2n) is 6.32. The summed E-state index contributed by atoms with van der Waals surface area (Å²) in [6.45, 7) is 2.94. The molecule has 144 valence electrons. The number of nitrogens with zero attached hydrogens (tertiary/aromatic N) is 1. The lowest BCUT2D eigenvalue weighted by atomic mass is 10.3. The van der Waals surface area contributed by atoms with Gasteiger partial charge in [0.15, 0.2) is 0 Å². The van der Waals surface area contributed by atoms with Crippen LogP contribution in [0.25, 0.3) is 0 Å². The van der Waals surface area contributed by atoms with Crippen LogP contribution in [-0.4, -0.2) is 37.0 Å². The van der Waals surface area contributed by atoms with Crippen molar-refractivity contribution in [1.29, 1.82) is 0 Å². The predicted molar refractivity (Wildman–Crippen MR) is 110 cm³/mol. The number of hydrogen-bond donors (Lipinski definition) is 1. The van der Waals surface area contributed by atoms with Crippen LogP contribution in [0.3, 0.4) is 0 Å². The number of sulfonamides is 1. The van der Waals surface area contributed by atoms with E-state index >= 15 is 0 Å². The average molecular weight is 425 g/mol. The molecule has 27 heavy (non-hydrogen) atoms. The molecule has 0 spiro atoms. The van der Waals surface area contributed by atoms with Gasteiger partial charge >= 0.3 is 0 Å². The summed E-state index contributed by atoms with van der Waals surface area (Å²) in [5.74, 6) is -0.171. The maximum Gasteiger partial charge on any atom is 0.243 e. The van der Waals surface area contributed by atoms with Gasteiger partial charge in [-0.1, -0.05) is 23.7 Å². The number of carbonyl (C=O) groups excluding carboxylic acids is 1. The molecular formula is C19H21ClN2O3S2. The highest BCUT2D eigenvalue weighted by Gasteiger charge is 2.27. The van der Waals surface area contributed by atoms with Crippen molar-refractivity contribution in [2.45, 2.75) is 34.8 Å². The Morgan fingerprint density at radius 1 is 1.11 bits per heavy atom. The SMILES string of the molecule is CC(Sc1ccccc1Cl)C(=O)Nc1ccc(S(=O)(=O)N2CCCC2)cc1. The third-order valence-corrected chi connectivity index (χ3v) is 7.87. The number of thioether (sulfide) groups is 1. The smallest absolute Gasteiger partial charge is 0.243 e. The van der Waals surface area contributed by atoms with Gasteiger partial charge in [-0.3, -0.25) is 4.79 Å². The summed E-state index contributed by atoms with van der Waals surface area (Å²) in [7, 11) is -3.44. The summed E-state index contributed by atoms with van der Waals surface area (Å²) in [6.07, 6.45) is 1.79. The molecular weight excluding hydrogens is 404 g/mol. The second-order valence-corrected chi connectivity index (χ2v) is 10.0. The Labute approximate surface area is 169 Å². The van der Waals surface area contributed by atoms with Gasteiger partial charge in [-0.05, 0) is 56.2 Å². The van der Waals surface area contributed by atoms with Gasteiger partial charge in [0, 0.05) is 23.7 Å². The Morgan fingerprint density at radius 3 is 2.37 bits per heavy atom. The fourth-order valence-electron chi connectivity index (χ4n) is 2.82. The van der Waals surface area contributed by atoms with Crippen LogP contribution >= 0.6 is 23.4 Å². The summed E-state index contributed by atoms with van der Waals surface area (Å²) in [4.78, 5) is 13.5. The first kappa shape index (κ1) is 20.2. The minimum Gasteiger partial charge on any atom is -0.325 e. The highest BCUT2D eigenvalue weighted by atomic mass is 35.5. The molecule has 1 unspecified atom stereocenters. The molecule has 5 nitrogen and oxygen atoms in total. The number of hydrogen-bond acceptors (Lipinski definition) is 4. The van der Waals surface area contributed by atoms with Crippen molar-refractivity contribution < 1.29 is 13.2 Å². The standard InChI is InChI=1S/C19H21ClN2O3S2/c1-14(26-18-7-3-2-6-17(18)20)19(23)21-15-8-10-16(11-9-15)27(24,25)22-12-4-5-13-22/h2-3,6-11,14H,4-5,12-13H2,1H3,(H,21,23). The quantitative estimate of drug-likeness (QED) is 0.704. The number of nitrogens with one attached hydrogen (secondary N) is 1. The molecule has 0 bridgehead atoms. The number of carbonyl (C=O) groups is 1. The zero-order chi connectivity index (χ0) is 19.4. The van der Waals surface area contributed by atoms with Crippen molar-refractivity contribution >= 4 is 45.0 Å². The molecule has 0 aromatic heterocycles. The molecule has 2 aromatic carbocycles. The summed E-state index contributed by atoms with van der Waals surface area (Å²) in [5, 5.41) is 3.08. The van der Waals surface area contributed by atoms with Crippen LogP contribution in [-0.2, 0) is 14.8 Å². The Bertz CT molecular complexity index is 911. The minimum absolute atomic E-state index is 0.171. The fourth-order valence-corrected chi connectivity index (χ4v) is 5.49. The largest absolute Gasteiger partial charge is 0.325 e. The first-order valence-corrected chi connectivity index (χ1v) is 11.4. The maximum atomic E-state index is 12.5. The molecule has 1 amide bonds. The maximum absolute atomic E-state index is 12.5. The molecule has 0 aliphatic carbocycles. The third kappa shape index (κ3) is 4.85. The third-order valence-electron chi connectivity index (χ3n) is 4.33. The first-order chi connectivity index (χ1) is 12.9. The molecule has 1 aliphatic heterocycles. The van der Waals surface area contributed by atoms with Crippen molar-refractivity contribution in [3.05, 3.63) is 53.6 Å². The van der Waals surface area contributed by atoms with Gasteiger partial charge in [0.2, 0.25) is 15.9 Å². The minimum atomic E-state index is -3.44. The first-order valence-electron chi connectivity index (χ1n) is 8.70. The molecule has 1 aliphatic rings. The molecule has 1 heterocycles. The average Bonchev–Trinajstić information content (AvgIpc) is 3.19. The van der Waals surface area contributed by atoms with Gasteiger partial charge in [0.05, 0.1) is 15.2 Å². The Kier molecular flexibility index (Phi) is 6.47. The van der Waals surface area contributed by atoms with Crippen LogP contribution in [0.2, 0.25) is 5.02 Å². The van der Waals surface area contributed by atoms with E-state index in [0.717, 1.165) is 17.7 Å². The van der Waals surface area contributed by atoms with Crippen molar-refractivity contribution in [3.63, 3.8) is 0 Å². The number of amides is 1. The van der Waals surface area contributed by atoms with Crippen LogP contribution < -0.4 is 5.32 Å². The highest BCUT2D eigenvalue weighted by molar-refractivity contribution is 8.00. The van der Waals surface area contributed by atoms with Crippen molar-refractivity contribution in [2.24, 2.45) is 0 Å². The van der Waals surface area contributed by atoms with E-state index in [1.54, 1.807) is 25.1 Å². The molecule has 1 atom stereocenters. The number of halogens is 1. The molecule has 1 N–H and O–H groups in total. The lowest BCUT2D eigenvalue weighted by Crippen LogP contribution is -2.27. The molecule has 3 rings (SSSR count). The van der Waals surface area contributed by atoms with Gasteiger partial charge in [-0.15, -0.1) is 11.8 Å². The van der Waals surface area contributed by atoms with Gasteiger partial charge in [0.1, 0.15) is 0 Å². The van der Waals surface area contributed by atoms with E-state index < -0.39 is 10.0 Å². The van der Waals surface area contributed by atoms with Gasteiger partial charge < -0.3 is 5.32 Å². The monoisotopic (exact) mass is 424 g/mol. The summed E-state index contributed by atoms with van der Waals surface area (Å²) < 4.78 is 26.6. The van der Waals surface area contributed by atoms with Gasteiger partial charge in [-0.2, -0.15) is 4.31 Å². The zero-order valence-electron chi connectivity index (χ0n) is 14.9. The fraction of sp³-hybridized carbons (Fsp3) is 0.316. The molecule has 1 saturated heterocycles. The molecule has 1 fully saturated rings. The summed E-state index contributed by atoms with van der Waals surface area (Å²) in [5.41, 5.74) is 0.562. The zero-order valence-corrected chi connectivity index (χ0v) is 17.3. The van der Waals surface area contributed by atoms with Crippen LogP contribution in [0.4, 0.5) is 5.69 Å². The summed E-state index contributed by atoms with van der Waals surface area (Å²) in [6, 6.07) is 13.7. The highest BCUT2D eigenvalue weighted by Crippen LogP contribution is 2.30. The van der Waals surface area contributed by atoms with Crippen molar-refractivity contribution in [3.8, 4) is 0 Å². The lowest BCUT2D eigenvalue weighted by Gasteiger charge is -2.16. The summed E-state index contributed by atoms with van der Waals surface area (Å²) >= 11 is 7.51. The van der Waals surface area contributed by atoms with Crippen LogP contribution in [0.1, 0.15) is 19.8 Å². The van der Waals surface area contributed by atoms with Gasteiger partial charge in [0.25, 0.3) is 0 Å². The van der Waals surface area contributed by atoms with E-state index in [1.165, 1.54) is 28.2 Å². The van der Waals surface area contributed by atoms with E-state index in [2.05, 4.69) is 5.32 Å². The van der Waals surface area contributed by atoms with E-state index in [0.29, 0.717) is 23.8 Å². The lowest BCUT2D eigenvalue weighted by molar-refractivity contribution is -0.115. The van der Waals surface area contributed by atoms with Gasteiger partial charge in [-0.25, -0.2) is 8.42 Å². The molecule has 8 heteroatoms. The van der Waals surface area contributed by atoms with E-state index in [9.17, 15) is 13.2 Å². The Morgan fingerprint density at radius 2 is 1.74 bits per heavy atom. The second kappa shape index (κ2) is 8.65. The Balaban J connectivity index is 1.64. The van der Waals surface area contributed by atoms with Crippen LogP contribution in [0.5, 0.6) is 0 Å². The number of rotatable bonds is 6. The number of anilines is 1. The number of benzene rings is 2. The normalized spacial score (nSPS) is 16.2. The van der Waals surface area contributed by atoms with E-state index in [-0.39, 0.29) is 16.1 Å². The Hall–Kier alpha value is -1.54. The van der Waals surface area contributed by atoms with Crippen molar-refractivity contribution in [1.82, 2.24) is 4.31 Å². The molecule has 0 radical (unpaired) electrons. The molecule has 2 aromatic rings. The van der Waals surface area contributed by atoms with Crippen LogP contribution in [0.15, 0.2) is 58.3 Å². The predicted octanol–water partition coefficient (Wildman–Crippen LogP) is 4.24.